The third-order valence-electron chi connectivity index (χ3n) is 2.51. The zero-order valence-corrected chi connectivity index (χ0v) is 11.9. The molecule has 3 N–H and O–H groups in total. The van der Waals surface area contributed by atoms with Crippen LogP contribution in [0.3, 0.4) is 0 Å². The van der Waals surface area contributed by atoms with Gasteiger partial charge in [-0.15, -0.1) is 0 Å². The number of nitrogens with two attached hydrogens (primary N) is 1. The summed E-state index contributed by atoms with van der Waals surface area (Å²) >= 11 is 12.3. The van der Waals surface area contributed by atoms with Crippen molar-refractivity contribution in [3.8, 4) is 5.75 Å². The van der Waals surface area contributed by atoms with Crippen LogP contribution in [-0.2, 0) is 0 Å². The van der Waals surface area contributed by atoms with Gasteiger partial charge in [0.1, 0.15) is 5.75 Å². The summed E-state index contributed by atoms with van der Waals surface area (Å²) < 4.78 is 5.54. The minimum Gasteiger partial charge on any atom is -0.492 e. The van der Waals surface area contributed by atoms with E-state index in [1.807, 2.05) is 31.2 Å². The third-order valence-corrected chi connectivity index (χ3v) is 3.11. The molecule has 0 aliphatic carbocycles. The van der Waals surface area contributed by atoms with Gasteiger partial charge in [-0.3, -0.25) is 0 Å². The fourth-order valence-electron chi connectivity index (χ4n) is 1.70. The number of hydrogen-bond acceptors (Lipinski definition) is 3. The summed E-state index contributed by atoms with van der Waals surface area (Å²) in [6, 6.07) is 10.9. The second-order valence-electron chi connectivity index (χ2n) is 3.91. The Morgan fingerprint density at radius 3 is 2.42 bits per heavy atom. The van der Waals surface area contributed by atoms with Crippen LogP contribution < -0.4 is 15.8 Å². The van der Waals surface area contributed by atoms with Crippen molar-refractivity contribution >= 4 is 40.3 Å². The Balaban J connectivity index is 2.36. The molecule has 0 saturated carbocycles. The van der Waals surface area contributed by atoms with Gasteiger partial charge in [0.15, 0.2) is 0 Å². The van der Waals surface area contributed by atoms with Crippen LogP contribution in [0.25, 0.3) is 0 Å². The van der Waals surface area contributed by atoms with E-state index in [-0.39, 0.29) is 0 Å². The van der Waals surface area contributed by atoms with Gasteiger partial charge in [0, 0.05) is 5.69 Å². The van der Waals surface area contributed by atoms with Gasteiger partial charge in [-0.05, 0) is 31.2 Å². The molecule has 0 saturated heterocycles. The number of rotatable bonds is 4. The Bertz CT molecular complexity index is 564. The van der Waals surface area contributed by atoms with E-state index in [0.29, 0.717) is 28.0 Å². The van der Waals surface area contributed by atoms with Crippen molar-refractivity contribution in [1.82, 2.24) is 0 Å². The van der Waals surface area contributed by atoms with Crippen molar-refractivity contribution in [3.05, 3.63) is 46.4 Å². The fourth-order valence-corrected chi connectivity index (χ4v) is 2.30. The van der Waals surface area contributed by atoms with Gasteiger partial charge in [0.25, 0.3) is 0 Å². The average Bonchev–Trinajstić information content (AvgIpc) is 2.36. The number of ether oxygens (including phenoxy) is 1. The highest BCUT2D eigenvalue weighted by atomic mass is 35.5. The van der Waals surface area contributed by atoms with E-state index in [4.69, 9.17) is 33.7 Å². The van der Waals surface area contributed by atoms with Crippen molar-refractivity contribution in [2.45, 2.75) is 6.92 Å². The highest BCUT2D eigenvalue weighted by Crippen LogP contribution is 2.37. The molecule has 0 atom stereocenters. The molecule has 0 amide bonds. The zero-order valence-electron chi connectivity index (χ0n) is 10.4. The van der Waals surface area contributed by atoms with Crippen LogP contribution in [0.1, 0.15) is 6.92 Å². The number of para-hydroxylation sites is 2. The van der Waals surface area contributed by atoms with Crippen LogP contribution in [-0.4, -0.2) is 6.61 Å². The molecule has 2 aromatic carbocycles. The molecule has 0 heterocycles. The van der Waals surface area contributed by atoms with Crippen molar-refractivity contribution in [2.24, 2.45) is 0 Å². The molecule has 0 aromatic heterocycles. The largest absolute Gasteiger partial charge is 0.492 e. The Kier molecular flexibility index (Phi) is 4.40. The lowest BCUT2D eigenvalue weighted by Crippen LogP contribution is -1.99. The zero-order chi connectivity index (χ0) is 13.8. The van der Waals surface area contributed by atoms with E-state index in [1.54, 1.807) is 12.1 Å². The fraction of sp³-hybridized carbons (Fsp3) is 0.143. The van der Waals surface area contributed by atoms with Crippen LogP contribution >= 0.6 is 23.2 Å². The number of anilines is 3. The molecule has 100 valence electrons. The quantitative estimate of drug-likeness (QED) is 0.803. The van der Waals surface area contributed by atoms with Crippen molar-refractivity contribution in [2.75, 3.05) is 17.7 Å². The first-order valence-corrected chi connectivity index (χ1v) is 6.60. The molecule has 0 aliphatic rings. The summed E-state index contributed by atoms with van der Waals surface area (Å²) in [6.07, 6.45) is 0. The second kappa shape index (κ2) is 6.04. The highest BCUT2D eigenvalue weighted by Gasteiger charge is 2.10. The Labute approximate surface area is 122 Å². The monoisotopic (exact) mass is 296 g/mol. The maximum Gasteiger partial charge on any atom is 0.142 e. The second-order valence-corrected chi connectivity index (χ2v) is 4.73. The first-order valence-electron chi connectivity index (χ1n) is 5.85. The van der Waals surface area contributed by atoms with E-state index >= 15 is 0 Å². The van der Waals surface area contributed by atoms with Crippen LogP contribution in [0, 0.1) is 0 Å². The lowest BCUT2D eigenvalue weighted by molar-refractivity contribution is 0.342. The molecule has 2 rings (SSSR count). The van der Waals surface area contributed by atoms with Gasteiger partial charge in [-0.25, -0.2) is 0 Å². The average molecular weight is 297 g/mol. The van der Waals surface area contributed by atoms with E-state index in [2.05, 4.69) is 5.32 Å². The molecular formula is C14H14Cl2N2O. The predicted octanol–water partition coefficient (Wildman–Crippen LogP) is 4.72. The molecule has 0 radical (unpaired) electrons. The molecule has 0 bridgehead atoms. The molecule has 19 heavy (non-hydrogen) atoms. The van der Waals surface area contributed by atoms with Crippen LogP contribution in [0.15, 0.2) is 36.4 Å². The molecule has 0 spiro atoms. The van der Waals surface area contributed by atoms with Gasteiger partial charge < -0.3 is 15.8 Å². The molecule has 0 fully saturated rings. The van der Waals surface area contributed by atoms with Crippen LogP contribution in [0.4, 0.5) is 17.1 Å². The maximum atomic E-state index is 6.15. The molecular weight excluding hydrogens is 283 g/mol. The molecule has 2 aromatic rings. The Hall–Kier alpha value is -1.58. The van der Waals surface area contributed by atoms with E-state index in [0.717, 1.165) is 11.4 Å². The Morgan fingerprint density at radius 1 is 1.16 bits per heavy atom. The minimum atomic E-state index is 0.469. The normalized spacial score (nSPS) is 10.3. The van der Waals surface area contributed by atoms with E-state index in [1.165, 1.54) is 0 Å². The highest BCUT2D eigenvalue weighted by molar-refractivity contribution is 6.39. The van der Waals surface area contributed by atoms with Crippen LogP contribution in [0.5, 0.6) is 5.75 Å². The van der Waals surface area contributed by atoms with Crippen molar-refractivity contribution in [1.29, 1.82) is 0 Å². The Morgan fingerprint density at radius 2 is 1.79 bits per heavy atom. The number of halogens is 2. The topological polar surface area (TPSA) is 47.3 Å². The lowest BCUT2D eigenvalue weighted by Gasteiger charge is -2.14. The van der Waals surface area contributed by atoms with Gasteiger partial charge in [-0.2, -0.15) is 0 Å². The van der Waals surface area contributed by atoms with Crippen molar-refractivity contribution in [3.63, 3.8) is 0 Å². The van der Waals surface area contributed by atoms with E-state index in [9.17, 15) is 0 Å². The summed E-state index contributed by atoms with van der Waals surface area (Å²) in [5, 5.41) is 4.11. The summed E-state index contributed by atoms with van der Waals surface area (Å²) in [6.45, 7) is 2.52. The predicted molar refractivity (Wildman–Crippen MR) is 81.8 cm³/mol. The van der Waals surface area contributed by atoms with Crippen molar-refractivity contribution < 1.29 is 4.74 Å². The van der Waals surface area contributed by atoms with Gasteiger partial charge in [-0.1, -0.05) is 35.3 Å². The lowest BCUT2D eigenvalue weighted by atomic mass is 10.2. The van der Waals surface area contributed by atoms with E-state index < -0.39 is 0 Å². The smallest absolute Gasteiger partial charge is 0.142 e. The summed E-state index contributed by atoms with van der Waals surface area (Å²) in [5.74, 6) is 0.744. The molecule has 5 heteroatoms. The summed E-state index contributed by atoms with van der Waals surface area (Å²) in [5.41, 5.74) is 7.62. The number of hydrogen-bond donors (Lipinski definition) is 2. The first-order chi connectivity index (χ1) is 9.11. The minimum absolute atomic E-state index is 0.469. The summed E-state index contributed by atoms with van der Waals surface area (Å²) in [4.78, 5) is 0. The SMILES string of the molecule is CCOc1ccccc1Nc1c(Cl)cc(N)cc1Cl. The molecule has 0 unspecified atom stereocenters. The molecule has 0 aliphatic heterocycles. The number of benzene rings is 2. The standard InChI is InChI=1S/C14H14Cl2N2O/c1-2-19-13-6-4-3-5-12(13)18-14-10(15)7-9(17)8-11(14)16/h3-8,18H,2,17H2,1H3. The maximum absolute atomic E-state index is 6.15. The number of nitrogen functional groups attached to an aromatic ring is 1. The first kappa shape index (κ1) is 13.8. The number of nitrogens with one attached hydrogen (secondary N) is 1. The van der Waals surface area contributed by atoms with Gasteiger partial charge >= 0.3 is 0 Å². The summed E-state index contributed by atoms with van der Waals surface area (Å²) in [7, 11) is 0. The molecule has 3 nitrogen and oxygen atoms in total. The van der Waals surface area contributed by atoms with Gasteiger partial charge in [0.2, 0.25) is 0 Å². The third kappa shape index (κ3) is 3.25. The van der Waals surface area contributed by atoms with Crippen LogP contribution in [0.2, 0.25) is 10.0 Å². The van der Waals surface area contributed by atoms with Gasteiger partial charge in [0.05, 0.1) is 28.0 Å².